The highest BCUT2D eigenvalue weighted by Gasteiger charge is 2.19. The largest absolute Gasteiger partial charge is 0.496 e. The lowest BCUT2D eigenvalue weighted by atomic mass is 10.0. The number of rotatable bonds is 5. The third kappa shape index (κ3) is 2.87. The summed E-state index contributed by atoms with van der Waals surface area (Å²) < 4.78 is 10.5. The number of nitrogens with zero attached hydrogens (tertiary/aromatic N) is 2. The molecule has 20 heavy (non-hydrogen) atoms. The van der Waals surface area contributed by atoms with Crippen molar-refractivity contribution in [3.63, 3.8) is 0 Å². The highest BCUT2D eigenvalue weighted by molar-refractivity contribution is 5.42. The molecule has 0 amide bonds. The van der Waals surface area contributed by atoms with E-state index in [1.54, 1.807) is 20.3 Å². The third-order valence-electron chi connectivity index (χ3n) is 3.03. The van der Waals surface area contributed by atoms with E-state index in [0.717, 1.165) is 16.9 Å². The van der Waals surface area contributed by atoms with Crippen molar-refractivity contribution in [1.82, 2.24) is 15.4 Å². The van der Waals surface area contributed by atoms with Gasteiger partial charge in [-0.25, -0.2) is 15.4 Å². The van der Waals surface area contributed by atoms with E-state index < -0.39 is 0 Å². The minimum atomic E-state index is -0.304. The lowest BCUT2D eigenvalue weighted by Gasteiger charge is -2.19. The highest BCUT2D eigenvalue weighted by atomic mass is 16.5. The van der Waals surface area contributed by atoms with Gasteiger partial charge in [-0.1, -0.05) is 17.7 Å². The van der Waals surface area contributed by atoms with Gasteiger partial charge in [0.2, 0.25) is 5.88 Å². The Bertz CT molecular complexity index is 589. The lowest BCUT2D eigenvalue weighted by molar-refractivity contribution is 0.392. The second kappa shape index (κ2) is 6.31. The Morgan fingerprint density at radius 2 is 1.95 bits per heavy atom. The molecule has 2 aromatic rings. The van der Waals surface area contributed by atoms with Crippen LogP contribution in [0.5, 0.6) is 11.6 Å². The number of hydrogen-bond donors (Lipinski definition) is 2. The second-order valence-electron chi connectivity index (χ2n) is 4.33. The molecule has 0 aliphatic rings. The molecule has 0 aliphatic heterocycles. The van der Waals surface area contributed by atoms with E-state index >= 15 is 0 Å². The number of ether oxygens (including phenoxy) is 2. The first-order chi connectivity index (χ1) is 9.69. The van der Waals surface area contributed by atoms with Gasteiger partial charge in [0.25, 0.3) is 0 Å². The maximum Gasteiger partial charge on any atom is 0.216 e. The Hall–Kier alpha value is -2.18. The van der Waals surface area contributed by atoms with E-state index in [2.05, 4.69) is 15.4 Å². The maximum atomic E-state index is 5.70. The van der Waals surface area contributed by atoms with Crippen LogP contribution in [0.3, 0.4) is 0 Å². The highest BCUT2D eigenvalue weighted by Crippen LogP contribution is 2.30. The van der Waals surface area contributed by atoms with Crippen molar-refractivity contribution in [2.75, 3.05) is 14.2 Å². The number of nitrogens with one attached hydrogen (secondary N) is 1. The van der Waals surface area contributed by atoms with Crippen LogP contribution in [0, 0.1) is 6.92 Å². The van der Waals surface area contributed by atoms with Crippen molar-refractivity contribution < 1.29 is 9.47 Å². The zero-order chi connectivity index (χ0) is 14.5. The molecule has 2 rings (SSSR count). The summed E-state index contributed by atoms with van der Waals surface area (Å²) in [5.41, 5.74) is 5.50. The quantitative estimate of drug-likeness (QED) is 0.632. The van der Waals surface area contributed by atoms with Gasteiger partial charge in [0, 0.05) is 11.6 Å². The number of hydrogen-bond acceptors (Lipinski definition) is 6. The monoisotopic (exact) mass is 274 g/mol. The standard InChI is InChI=1S/C14H18N4O2/c1-9-4-5-12(19-2)10(6-9)14(18-15)11-7-13(20-3)17-8-16-11/h4-8,14,18H,15H2,1-3H3. The molecule has 1 atom stereocenters. The number of aromatic nitrogens is 2. The van der Waals surface area contributed by atoms with Crippen molar-refractivity contribution in [3.05, 3.63) is 47.4 Å². The van der Waals surface area contributed by atoms with Gasteiger partial charge < -0.3 is 9.47 Å². The molecule has 6 nitrogen and oxygen atoms in total. The fraction of sp³-hybridized carbons (Fsp3) is 0.286. The molecule has 0 aliphatic carbocycles. The van der Waals surface area contributed by atoms with E-state index in [1.165, 1.54) is 6.33 Å². The van der Waals surface area contributed by atoms with Gasteiger partial charge in [0.05, 0.1) is 26.0 Å². The van der Waals surface area contributed by atoms with Crippen molar-refractivity contribution in [1.29, 1.82) is 0 Å². The van der Waals surface area contributed by atoms with Crippen LogP contribution in [0.25, 0.3) is 0 Å². The molecule has 106 valence electrons. The first-order valence-electron chi connectivity index (χ1n) is 6.16. The first-order valence-corrected chi connectivity index (χ1v) is 6.16. The van der Waals surface area contributed by atoms with Crippen LogP contribution in [-0.4, -0.2) is 24.2 Å². The summed E-state index contributed by atoms with van der Waals surface area (Å²) in [7, 11) is 3.19. The van der Waals surface area contributed by atoms with Crippen molar-refractivity contribution in [2.45, 2.75) is 13.0 Å². The fourth-order valence-electron chi connectivity index (χ4n) is 2.04. The molecular weight excluding hydrogens is 256 g/mol. The fourth-order valence-corrected chi connectivity index (χ4v) is 2.04. The topological polar surface area (TPSA) is 82.3 Å². The minimum Gasteiger partial charge on any atom is -0.496 e. The zero-order valence-corrected chi connectivity index (χ0v) is 11.8. The van der Waals surface area contributed by atoms with Gasteiger partial charge in [-0.05, 0) is 13.0 Å². The number of benzene rings is 1. The lowest BCUT2D eigenvalue weighted by Crippen LogP contribution is -2.30. The molecule has 0 spiro atoms. The van der Waals surface area contributed by atoms with Gasteiger partial charge in [0.15, 0.2) is 0 Å². The number of methoxy groups -OCH3 is 2. The van der Waals surface area contributed by atoms with Crippen LogP contribution < -0.4 is 20.7 Å². The van der Waals surface area contributed by atoms with E-state index in [1.807, 2.05) is 25.1 Å². The molecule has 0 fully saturated rings. The maximum absolute atomic E-state index is 5.70. The second-order valence-corrected chi connectivity index (χ2v) is 4.33. The normalized spacial score (nSPS) is 12.0. The van der Waals surface area contributed by atoms with Crippen molar-refractivity contribution in [3.8, 4) is 11.6 Å². The van der Waals surface area contributed by atoms with E-state index in [9.17, 15) is 0 Å². The molecule has 1 heterocycles. The third-order valence-corrected chi connectivity index (χ3v) is 3.03. The van der Waals surface area contributed by atoms with Crippen LogP contribution in [0.1, 0.15) is 22.9 Å². The van der Waals surface area contributed by atoms with E-state index in [4.69, 9.17) is 15.3 Å². The van der Waals surface area contributed by atoms with Gasteiger partial charge in [0.1, 0.15) is 12.1 Å². The predicted octanol–water partition coefficient (Wildman–Crippen LogP) is 1.35. The summed E-state index contributed by atoms with van der Waals surface area (Å²) in [5.74, 6) is 6.93. The summed E-state index contributed by atoms with van der Waals surface area (Å²) in [6, 6.07) is 7.34. The molecule has 0 saturated heterocycles. The molecule has 6 heteroatoms. The SMILES string of the molecule is COc1cc(C(NN)c2cc(C)ccc2OC)ncn1. The summed E-state index contributed by atoms with van der Waals surface area (Å²) in [6.45, 7) is 2.01. The van der Waals surface area contributed by atoms with Crippen LogP contribution in [0.15, 0.2) is 30.6 Å². The van der Waals surface area contributed by atoms with Gasteiger partial charge >= 0.3 is 0 Å². The molecule has 0 saturated carbocycles. The summed E-state index contributed by atoms with van der Waals surface area (Å²) in [5, 5.41) is 0. The summed E-state index contributed by atoms with van der Waals surface area (Å²) in [6.07, 6.45) is 1.45. The molecular formula is C14H18N4O2. The smallest absolute Gasteiger partial charge is 0.216 e. The summed E-state index contributed by atoms with van der Waals surface area (Å²) >= 11 is 0. The molecule has 3 N–H and O–H groups in total. The Kier molecular flexibility index (Phi) is 4.49. The predicted molar refractivity (Wildman–Crippen MR) is 75.5 cm³/mol. The van der Waals surface area contributed by atoms with Crippen molar-refractivity contribution in [2.24, 2.45) is 5.84 Å². The summed E-state index contributed by atoms with van der Waals surface area (Å²) in [4.78, 5) is 8.25. The first kappa shape index (κ1) is 14.2. The Morgan fingerprint density at radius 3 is 2.60 bits per heavy atom. The molecule has 0 radical (unpaired) electrons. The zero-order valence-electron chi connectivity index (χ0n) is 11.8. The van der Waals surface area contributed by atoms with Crippen LogP contribution in [0.4, 0.5) is 0 Å². The molecule has 1 aromatic heterocycles. The minimum absolute atomic E-state index is 0.304. The van der Waals surface area contributed by atoms with E-state index in [-0.39, 0.29) is 6.04 Å². The van der Waals surface area contributed by atoms with E-state index in [0.29, 0.717) is 11.6 Å². The average molecular weight is 274 g/mol. The molecule has 1 unspecified atom stereocenters. The number of hydrazine groups is 1. The van der Waals surface area contributed by atoms with Crippen LogP contribution >= 0.6 is 0 Å². The van der Waals surface area contributed by atoms with Gasteiger partial charge in [-0.3, -0.25) is 5.84 Å². The molecule has 0 bridgehead atoms. The van der Waals surface area contributed by atoms with Gasteiger partial charge in [-0.2, -0.15) is 0 Å². The Balaban J connectivity index is 2.48. The van der Waals surface area contributed by atoms with Crippen LogP contribution in [-0.2, 0) is 0 Å². The van der Waals surface area contributed by atoms with Crippen LogP contribution in [0.2, 0.25) is 0 Å². The van der Waals surface area contributed by atoms with Gasteiger partial charge in [-0.15, -0.1) is 0 Å². The average Bonchev–Trinajstić information content (AvgIpc) is 2.48. The Morgan fingerprint density at radius 1 is 1.15 bits per heavy atom. The number of nitrogens with two attached hydrogens (primary N) is 1. The Labute approximate surface area is 117 Å². The molecule has 1 aromatic carbocycles. The number of aryl methyl sites for hydroxylation is 1. The van der Waals surface area contributed by atoms with Crippen molar-refractivity contribution >= 4 is 0 Å².